The first-order valence-corrected chi connectivity index (χ1v) is 8.00. The zero-order valence-corrected chi connectivity index (χ0v) is 14.8. The molecule has 0 spiro atoms. The van der Waals surface area contributed by atoms with Crippen LogP contribution in [0.3, 0.4) is 0 Å². The molecule has 7 nitrogen and oxygen atoms in total. The fourth-order valence-electron chi connectivity index (χ4n) is 2.81. The molecular formula is C18H22N4O3. The van der Waals surface area contributed by atoms with Crippen LogP contribution in [-0.4, -0.2) is 35.9 Å². The SMILES string of the molecule is COc1ccc(CNC(C)c2nnc3ccccn23)c(OC)c1OC. The van der Waals surface area contributed by atoms with Gasteiger partial charge >= 0.3 is 0 Å². The van der Waals surface area contributed by atoms with Crippen molar-refractivity contribution in [1.29, 1.82) is 0 Å². The van der Waals surface area contributed by atoms with Crippen molar-refractivity contribution in [1.82, 2.24) is 19.9 Å². The molecule has 0 fully saturated rings. The van der Waals surface area contributed by atoms with Gasteiger partial charge in [-0.15, -0.1) is 10.2 Å². The highest BCUT2D eigenvalue weighted by molar-refractivity contribution is 5.55. The summed E-state index contributed by atoms with van der Waals surface area (Å²) < 4.78 is 18.3. The van der Waals surface area contributed by atoms with Gasteiger partial charge in [0.15, 0.2) is 23.0 Å². The number of fused-ring (bicyclic) bond motifs is 1. The van der Waals surface area contributed by atoms with Gasteiger partial charge in [-0.1, -0.05) is 12.1 Å². The second-order valence-corrected chi connectivity index (χ2v) is 5.58. The molecule has 0 amide bonds. The molecule has 3 rings (SSSR count). The number of hydrogen-bond donors (Lipinski definition) is 1. The van der Waals surface area contributed by atoms with Gasteiger partial charge in [-0.3, -0.25) is 4.40 Å². The van der Waals surface area contributed by atoms with E-state index in [1.165, 1.54) is 0 Å². The fourth-order valence-corrected chi connectivity index (χ4v) is 2.81. The first-order chi connectivity index (χ1) is 12.2. The highest BCUT2D eigenvalue weighted by Crippen LogP contribution is 2.39. The van der Waals surface area contributed by atoms with Gasteiger partial charge in [0.2, 0.25) is 5.75 Å². The molecule has 0 radical (unpaired) electrons. The first kappa shape index (κ1) is 17.0. The van der Waals surface area contributed by atoms with Crippen molar-refractivity contribution in [2.45, 2.75) is 19.5 Å². The van der Waals surface area contributed by atoms with Crippen LogP contribution in [0.1, 0.15) is 24.4 Å². The molecule has 1 aromatic carbocycles. The Kier molecular flexibility index (Phi) is 5.04. The zero-order chi connectivity index (χ0) is 17.8. The molecule has 1 N–H and O–H groups in total. The predicted octanol–water partition coefficient (Wildman–Crippen LogP) is 2.61. The number of nitrogens with zero attached hydrogens (tertiary/aromatic N) is 3. The number of rotatable bonds is 7. The number of benzene rings is 1. The summed E-state index contributed by atoms with van der Waals surface area (Å²) in [6.45, 7) is 2.64. The topological polar surface area (TPSA) is 69.9 Å². The van der Waals surface area contributed by atoms with Crippen LogP contribution < -0.4 is 19.5 Å². The van der Waals surface area contributed by atoms with E-state index < -0.39 is 0 Å². The Hall–Kier alpha value is -2.80. The van der Waals surface area contributed by atoms with Crippen LogP contribution in [0.5, 0.6) is 17.2 Å². The largest absolute Gasteiger partial charge is 0.493 e. The van der Waals surface area contributed by atoms with Crippen molar-refractivity contribution < 1.29 is 14.2 Å². The number of nitrogens with one attached hydrogen (secondary N) is 1. The molecule has 1 unspecified atom stereocenters. The molecular weight excluding hydrogens is 320 g/mol. The molecule has 2 aromatic heterocycles. The second-order valence-electron chi connectivity index (χ2n) is 5.58. The van der Waals surface area contributed by atoms with Crippen LogP contribution in [0.25, 0.3) is 5.65 Å². The maximum absolute atomic E-state index is 5.52. The average molecular weight is 342 g/mol. The minimum absolute atomic E-state index is 0.00945. The molecule has 1 atom stereocenters. The molecule has 0 saturated heterocycles. The van der Waals surface area contributed by atoms with Gasteiger partial charge in [-0.05, 0) is 25.1 Å². The number of hydrogen-bond acceptors (Lipinski definition) is 6. The lowest BCUT2D eigenvalue weighted by atomic mass is 10.1. The Balaban J connectivity index is 1.81. The van der Waals surface area contributed by atoms with E-state index in [1.807, 2.05) is 40.9 Å². The van der Waals surface area contributed by atoms with Crippen LogP contribution in [-0.2, 0) is 6.54 Å². The van der Waals surface area contributed by atoms with Crippen molar-refractivity contribution in [3.8, 4) is 17.2 Å². The summed E-state index contributed by atoms with van der Waals surface area (Å²) in [6, 6.07) is 9.68. The van der Waals surface area contributed by atoms with Gasteiger partial charge in [-0.25, -0.2) is 0 Å². The molecule has 0 aliphatic carbocycles. The maximum Gasteiger partial charge on any atom is 0.203 e. The third-order valence-corrected chi connectivity index (χ3v) is 4.11. The normalized spacial score (nSPS) is 12.2. The summed E-state index contributed by atoms with van der Waals surface area (Å²) in [4.78, 5) is 0. The number of pyridine rings is 1. The average Bonchev–Trinajstić information content (AvgIpc) is 3.09. The lowest BCUT2D eigenvalue weighted by molar-refractivity contribution is 0.321. The van der Waals surface area contributed by atoms with Gasteiger partial charge in [0.25, 0.3) is 0 Å². The third kappa shape index (κ3) is 3.23. The van der Waals surface area contributed by atoms with E-state index in [1.54, 1.807) is 21.3 Å². The highest BCUT2D eigenvalue weighted by atomic mass is 16.5. The van der Waals surface area contributed by atoms with Crippen molar-refractivity contribution in [2.75, 3.05) is 21.3 Å². The highest BCUT2D eigenvalue weighted by Gasteiger charge is 2.18. The predicted molar refractivity (Wildman–Crippen MR) is 94.3 cm³/mol. The summed E-state index contributed by atoms with van der Waals surface area (Å²) in [7, 11) is 4.83. The van der Waals surface area contributed by atoms with Crippen LogP contribution in [0.2, 0.25) is 0 Å². The first-order valence-electron chi connectivity index (χ1n) is 8.00. The Morgan fingerprint density at radius 2 is 1.80 bits per heavy atom. The van der Waals surface area contributed by atoms with E-state index >= 15 is 0 Å². The fraction of sp³-hybridized carbons (Fsp3) is 0.333. The van der Waals surface area contributed by atoms with Gasteiger partial charge in [-0.2, -0.15) is 0 Å². The Morgan fingerprint density at radius 3 is 2.52 bits per heavy atom. The standard InChI is InChI=1S/C18H22N4O3/c1-12(18-21-20-15-7-5-6-10-22(15)18)19-11-13-8-9-14(23-2)17(25-4)16(13)24-3/h5-10,12,19H,11H2,1-4H3. The van der Waals surface area contributed by atoms with Crippen molar-refractivity contribution in [2.24, 2.45) is 0 Å². The lowest BCUT2D eigenvalue weighted by Gasteiger charge is -2.17. The Morgan fingerprint density at radius 1 is 1.00 bits per heavy atom. The summed E-state index contributed by atoms with van der Waals surface area (Å²) in [5.41, 5.74) is 1.80. The molecule has 2 heterocycles. The van der Waals surface area contributed by atoms with E-state index in [9.17, 15) is 0 Å². The van der Waals surface area contributed by atoms with Crippen LogP contribution in [0, 0.1) is 0 Å². The molecule has 0 aliphatic heterocycles. The number of aromatic nitrogens is 3. The third-order valence-electron chi connectivity index (χ3n) is 4.11. The molecule has 7 heteroatoms. The van der Waals surface area contributed by atoms with E-state index in [2.05, 4.69) is 22.4 Å². The van der Waals surface area contributed by atoms with Crippen molar-refractivity contribution >= 4 is 5.65 Å². The molecule has 0 bridgehead atoms. The van der Waals surface area contributed by atoms with Gasteiger partial charge in [0.05, 0.1) is 27.4 Å². The number of ether oxygens (including phenoxy) is 3. The monoisotopic (exact) mass is 342 g/mol. The van der Waals surface area contributed by atoms with Crippen LogP contribution >= 0.6 is 0 Å². The van der Waals surface area contributed by atoms with Gasteiger partial charge in [0.1, 0.15) is 0 Å². The molecule has 25 heavy (non-hydrogen) atoms. The summed E-state index contributed by atoms with van der Waals surface area (Å²) in [5, 5.41) is 11.9. The Labute approximate surface area is 146 Å². The van der Waals surface area contributed by atoms with E-state index in [0.717, 1.165) is 17.0 Å². The minimum atomic E-state index is 0.00945. The van der Waals surface area contributed by atoms with Gasteiger partial charge < -0.3 is 19.5 Å². The molecule has 0 saturated carbocycles. The quantitative estimate of drug-likeness (QED) is 0.712. The lowest BCUT2D eigenvalue weighted by Crippen LogP contribution is -2.20. The molecule has 3 aromatic rings. The molecule has 132 valence electrons. The summed E-state index contributed by atoms with van der Waals surface area (Å²) in [6.07, 6.45) is 1.96. The maximum atomic E-state index is 5.52. The van der Waals surface area contributed by atoms with Crippen molar-refractivity contribution in [3.63, 3.8) is 0 Å². The summed E-state index contributed by atoms with van der Waals surface area (Å²) in [5.74, 6) is 2.74. The number of methoxy groups -OCH3 is 3. The van der Waals surface area contributed by atoms with Crippen LogP contribution in [0.15, 0.2) is 36.5 Å². The van der Waals surface area contributed by atoms with E-state index in [-0.39, 0.29) is 6.04 Å². The molecule has 0 aliphatic rings. The van der Waals surface area contributed by atoms with Crippen molar-refractivity contribution in [3.05, 3.63) is 47.9 Å². The van der Waals surface area contributed by atoms with E-state index in [0.29, 0.717) is 23.8 Å². The van der Waals surface area contributed by atoms with E-state index in [4.69, 9.17) is 14.2 Å². The zero-order valence-electron chi connectivity index (χ0n) is 14.8. The minimum Gasteiger partial charge on any atom is -0.493 e. The van der Waals surface area contributed by atoms with Crippen LogP contribution in [0.4, 0.5) is 0 Å². The van der Waals surface area contributed by atoms with Gasteiger partial charge in [0, 0.05) is 18.3 Å². The Bertz CT molecular complexity index is 863. The smallest absolute Gasteiger partial charge is 0.203 e. The summed E-state index contributed by atoms with van der Waals surface area (Å²) >= 11 is 0. The second kappa shape index (κ2) is 7.40.